The van der Waals surface area contributed by atoms with Gasteiger partial charge in [-0.2, -0.15) is 0 Å². The van der Waals surface area contributed by atoms with Gasteiger partial charge in [0.25, 0.3) is 5.78 Å². The zero-order valence-corrected chi connectivity index (χ0v) is 21.9. The number of carbonyl (C=O) groups is 2. The maximum atomic E-state index is 13.4. The minimum absolute atomic E-state index is 0.0558. The number of rotatable bonds is 7. The summed E-state index contributed by atoms with van der Waals surface area (Å²) in [4.78, 5) is 33.7. The van der Waals surface area contributed by atoms with Gasteiger partial charge in [0.1, 0.15) is 17.6 Å². The molecule has 1 aliphatic heterocycles. The van der Waals surface area contributed by atoms with E-state index in [0.29, 0.717) is 23.1 Å². The van der Waals surface area contributed by atoms with Crippen molar-refractivity contribution in [3.63, 3.8) is 0 Å². The van der Waals surface area contributed by atoms with Crippen molar-refractivity contribution in [2.45, 2.75) is 39.7 Å². The molecular formula is C28H26N2O4S2. The number of aliphatic hydroxyl groups is 1. The van der Waals surface area contributed by atoms with E-state index in [1.807, 2.05) is 49.6 Å². The number of benzene rings is 2. The van der Waals surface area contributed by atoms with Crippen LogP contribution in [-0.4, -0.2) is 28.4 Å². The number of thiophene rings is 1. The van der Waals surface area contributed by atoms with Gasteiger partial charge in [0.15, 0.2) is 5.13 Å². The number of hydrogen-bond acceptors (Lipinski definition) is 7. The fraction of sp³-hybridized carbons (Fsp3) is 0.250. The van der Waals surface area contributed by atoms with E-state index in [0.717, 1.165) is 39.1 Å². The van der Waals surface area contributed by atoms with Gasteiger partial charge >= 0.3 is 5.91 Å². The van der Waals surface area contributed by atoms with Crippen molar-refractivity contribution in [2.24, 2.45) is 0 Å². The van der Waals surface area contributed by atoms with Gasteiger partial charge in [-0.3, -0.25) is 14.5 Å². The highest BCUT2D eigenvalue weighted by atomic mass is 32.1. The lowest BCUT2D eigenvalue weighted by molar-refractivity contribution is -0.132. The van der Waals surface area contributed by atoms with Crippen LogP contribution in [0.15, 0.2) is 59.5 Å². The van der Waals surface area contributed by atoms with Crippen molar-refractivity contribution in [1.29, 1.82) is 0 Å². The van der Waals surface area contributed by atoms with Gasteiger partial charge in [0, 0.05) is 10.4 Å². The quantitative estimate of drug-likeness (QED) is 0.126. The summed E-state index contributed by atoms with van der Waals surface area (Å²) >= 11 is 2.80. The van der Waals surface area contributed by atoms with Crippen LogP contribution in [0.5, 0.6) is 5.75 Å². The van der Waals surface area contributed by atoms with Gasteiger partial charge < -0.3 is 9.84 Å². The SMILES string of the molecule is CCCCOc1cccc(/C(O)=C2\C(=O)C(=O)N(c3nc4c(C)cc(C)cc4s3)C2c2cccs2)c1. The second-order valence-electron chi connectivity index (χ2n) is 8.84. The molecule has 0 radical (unpaired) electrons. The lowest BCUT2D eigenvalue weighted by Gasteiger charge is -2.21. The molecule has 0 saturated carbocycles. The van der Waals surface area contributed by atoms with Crippen molar-refractivity contribution < 1.29 is 19.4 Å². The van der Waals surface area contributed by atoms with Crippen molar-refractivity contribution in [2.75, 3.05) is 11.5 Å². The molecule has 0 aliphatic carbocycles. The molecule has 1 saturated heterocycles. The smallest absolute Gasteiger partial charge is 0.301 e. The number of anilines is 1. The number of ether oxygens (including phenoxy) is 1. The molecule has 2 aromatic carbocycles. The third kappa shape index (κ3) is 4.31. The van der Waals surface area contributed by atoms with Crippen LogP contribution in [-0.2, 0) is 9.59 Å². The maximum Gasteiger partial charge on any atom is 0.301 e. The van der Waals surface area contributed by atoms with Gasteiger partial charge in [0.2, 0.25) is 0 Å². The highest BCUT2D eigenvalue weighted by molar-refractivity contribution is 7.22. The van der Waals surface area contributed by atoms with E-state index in [1.165, 1.54) is 27.6 Å². The van der Waals surface area contributed by atoms with Crippen molar-refractivity contribution >= 4 is 55.5 Å². The van der Waals surface area contributed by atoms with Gasteiger partial charge in [-0.15, -0.1) is 11.3 Å². The van der Waals surface area contributed by atoms with E-state index >= 15 is 0 Å². The molecule has 1 fully saturated rings. The molecule has 0 spiro atoms. The number of amides is 1. The van der Waals surface area contributed by atoms with Crippen molar-refractivity contribution in [3.05, 3.63) is 81.1 Å². The second-order valence-corrected chi connectivity index (χ2v) is 10.8. The topological polar surface area (TPSA) is 79.7 Å². The fourth-order valence-electron chi connectivity index (χ4n) is 4.43. The van der Waals surface area contributed by atoms with Gasteiger partial charge in [-0.25, -0.2) is 4.98 Å². The zero-order valence-electron chi connectivity index (χ0n) is 20.3. The normalized spacial score (nSPS) is 17.3. The Kier molecular flexibility index (Phi) is 6.64. The summed E-state index contributed by atoms with van der Waals surface area (Å²) < 4.78 is 6.74. The molecule has 5 rings (SSSR count). The van der Waals surface area contributed by atoms with E-state index in [9.17, 15) is 14.7 Å². The molecule has 4 aromatic rings. The Bertz CT molecular complexity index is 1490. The minimum Gasteiger partial charge on any atom is -0.507 e. The van der Waals surface area contributed by atoms with Crippen LogP contribution in [0.1, 0.15) is 47.4 Å². The summed E-state index contributed by atoms with van der Waals surface area (Å²) in [5, 5.41) is 13.7. The summed E-state index contributed by atoms with van der Waals surface area (Å²) in [5.41, 5.74) is 3.41. The predicted octanol–water partition coefficient (Wildman–Crippen LogP) is 6.78. The van der Waals surface area contributed by atoms with Crippen LogP contribution >= 0.6 is 22.7 Å². The highest BCUT2D eigenvalue weighted by Gasteiger charge is 2.48. The van der Waals surface area contributed by atoms with E-state index in [4.69, 9.17) is 9.72 Å². The first kappa shape index (κ1) is 24.2. The van der Waals surface area contributed by atoms with Crippen LogP contribution in [0.25, 0.3) is 16.0 Å². The van der Waals surface area contributed by atoms with Crippen LogP contribution < -0.4 is 9.64 Å². The van der Waals surface area contributed by atoms with Gasteiger partial charge in [-0.1, -0.05) is 48.9 Å². The number of nitrogens with zero attached hydrogens (tertiary/aromatic N) is 2. The van der Waals surface area contributed by atoms with Crippen molar-refractivity contribution in [1.82, 2.24) is 4.98 Å². The second kappa shape index (κ2) is 9.87. The highest BCUT2D eigenvalue weighted by Crippen LogP contribution is 2.46. The van der Waals surface area contributed by atoms with Crippen LogP contribution in [0.2, 0.25) is 0 Å². The Morgan fingerprint density at radius 1 is 1.14 bits per heavy atom. The van der Waals surface area contributed by atoms with E-state index < -0.39 is 17.7 Å². The van der Waals surface area contributed by atoms with Crippen LogP contribution in [0, 0.1) is 13.8 Å². The number of fused-ring (bicyclic) bond motifs is 1. The number of carbonyl (C=O) groups excluding carboxylic acids is 2. The lowest BCUT2D eigenvalue weighted by atomic mass is 10.00. The molecular weight excluding hydrogens is 492 g/mol. The third-order valence-corrected chi connectivity index (χ3v) is 8.08. The summed E-state index contributed by atoms with van der Waals surface area (Å²) in [5.74, 6) is -1.04. The summed E-state index contributed by atoms with van der Waals surface area (Å²) in [6.07, 6.45) is 1.93. The molecule has 36 heavy (non-hydrogen) atoms. The molecule has 3 heterocycles. The first-order chi connectivity index (χ1) is 17.4. The summed E-state index contributed by atoms with van der Waals surface area (Å²) in [6, 6.07) is 14.0. The Balaban J connectivity index is 1.63. The number of unbranched alkanes of at least 4 members (excludes halogenated alkanes) is 1. The summed E-state index contributed by atoms with van der Waals surface area (Å²) in [6.45, 7) is 6.66. The fourth-order valence-corrected chi connectivity index (χ4v) is 6.42. The van der Waals surface area contributed by atoms with Gasteiger partial charge in [0.05, 0.1) is 22.4 Å². The molecule has 6 nitrogen and oxygen atoms in total. The van der Waals surface area contributed by atoms with Gasteiger partial charge in [-0.05, 0) is 61.0 Å². The maximum absolute atomic E-state index is 13.4. The van der Waals surface area contributed by atoms with Crippen molar-refractivity contribution in [3.8, 4) is 5.75 Å². The van der Waals surface area contributed by atoms with Crippen LogP contribution in [0.3, 0.4) is 0 Å². The standard InChI is InChI=1S/C28H26N2O4S2/c1-4-5-11-34-19-9-6-8-18(15-19)25(31)22-24(20-10-7-12-35-20)30(27(33)26(22)32)28-29-23-17(3)13-16(2)14-21(23)36-28/h6-10,12-15,24,31H,4-5,11H2,1-3H3/b25-22+. The predicted molar refractivity (Wildman–Crippen MR) is 145 cm³/mol. The summed E-state index contributed by atoms with van der Waals surface area (Å²) in [7, 11) is 0. The van der Waals surface area contributed by atoms with E-state index in [-0.39, 0.29) is 11.3 Å². The molecule has 1 N–H and O–H groups in total. The average molecular weight is 519 g/mol. The largest absolute Gasteiger partial charge is 0.507 e. The monoisotopic (exact) mass is 518 g/mol. The Morgan fingerprint density at radius 3 is 2.72 bits per heavy atom. The molecule has 1 unspecified atom stereocenters. The zero-order chi connectivity index (χ0) is 25.4. The Labute approximate surface area is 217 Å². The molecule has 184 valence electrons. The molecule has 0 bridgehead atoms. The Hall–Kier alpha value is -3.49. The lowest BCUT2D eigenvalue weighted by Crippen LogP contribution is -2.28. The minimum atomic E-state index is -0.767. The average Bonchev–Trinajstić information content (AvgIpc) is 3.58. The number of aliphatic hydroxyl groups excluding tert-OH is 1. The number of ketones is 1. The number of aryl methyl sites for hydroxylation is 2. The van der Waals surface area contributed by atoms with E-state index in [1.54, 1.807) is 18.2 Å². The van der Waals surface area contributed by atoms with E-state index in [2.05, 4.69) is 6.92 Å². The molecule has 8 heteroatoms. The number of aromatic nitrogens is 1. The molecule has 2 aromatic heterocycles. The molecule has 1 atom stereocenters. The number of thiazole rings is 1. The molecule has 1 aliphatic rings. The molecule has 1 amide bonds. The third-order valence-electron chi connectivity index (χ3n) is 6.16. The number of Topliss-reactive ketones (excluding diaryl/α,β-unsaturated/α-hetero) is 1. The van der Waals surface area contributed by atoms with Crippen LogP contribution in [0.4, 0.5) is 5.13 Å². The first-order valence-electron chi connectivity index (χ1n) is 11.8. The number of hydrogen-bond donors (Lipinski definition) is 1. The first-order valence-corrected chi connectivity index (χ1v) is 13.5. The Morgan fingerprint density at radius 2 is 1.97 bits per heavy atom.